The van der Waals surface area contributed by atoms with Crippen molar-refractivity contribution in [2.45, 2.75) is 70.0 Å². The number of sulfonamides is 1. The summed E-state index contributed by atoms with van der Waals surface area (Å²) in [5.41, 5.74) is 2.52. The molecule has 9 nitrogen and oxygen atoms in total. The second-order valence-corrected chi connectivity index (χ2v) is 13.1. The Morgan fingerprint density at radius 3 is 2.14 bits per heavy atom. The minimum Gasteiger partial charge on any atom is -0.493 e. The molecule has 11 heteroatoms. The molecule has 1 atom stereocenters. The van der Waals surface area contributed by atoms with Crippen molar-refractivity contribution in [3.8, 4) is 11.5 Å². The van der Waals surface area contributed by atoms with Crippen molar-refractivity contribution in [2.75, 3.05) is 25.1 Å². The standard InChI is InChI=1S/C33H40FN3O6S/c1-22-16-23(2)18-28(17-22)37(44(40,41)29-14-15-30(42-4)31(19-29)43-5)21-32(38)36(20-25-10-12-26(34)13-11-25)24(3)33(39)35-27-8-6-7-9-27/h10-19,24,27H,6-9,20-21H2,1-5H3,(H,35,39)/t24-/m0/s1. The van der Waals surface area contributed by atoms with Crippen LogP contribution in [0.4, 0.5) is 10.1 Å². The quantitative estimate of drug-likeness (QED) is 0.299. The smallest absolute Gasteiger partial charge is 0.264 e. The molecule has 0 bridgehead atoms. The van der Waals surface area contributed by atoms with Gasteiger partial charge in [-0.3, -0.25) is 13.9 Å². The van der Waals surface area contributed by atoms with Gasteiger partial charge in [0.05, 0.1) is 24.8 Å². The molecule has 3 aromatic rings. The lowest BCUT2D eigenvalue weighted by Gasteiger charge is -2.32. The Balaban J connectivity index is 1.74. The maximum atomic E-state index is 14.2. The Morgan fingerprint density at radius 2 is 1.55 bits per heavy atom. The van der Waals surface area contributed by atoms with Crippen molar-refractivity contribution in [3.05, 3.63) is 83.2 Å². The summed E-state index contributed by atoms with van der Waals surface area (Å²) in [7, 11) is -1.46. The number of ether oxygens (including phenoxy) is 2. The maximum absolute atomic E-state index is 14.2. The van der Waals surface area contributed by atoms with Crippen molar-refractivity contribution >= 4 is 27.5 Å². The summed E-state index contributed by atoms with van der Waals surface area (Å²) in [4.78, 5) is 28.8. The van der Waals surface area contributed by atoms with Crippen LogP contribution >= 0.6 is 0 Å². The number of amides is 2. The van der Waals surface area contributed by atoms with Gasteiger partial charge in [-0.2, -0.15) is 0 Å². The second-order valence-electron chi connectivity index (χ2n) is 11.2. The first-order chi connectivity index (χ1) is 20.9. The first-order valence-electron chi connectivity index (χ1n) is 14.6. The lowest BCUT2D eigenvalue weighted by molar-refractivity contribution is -0.139. The van der Waals surface area contributed by atoms with Crippen molar-refractivity contribution in [3.63, 3.8) is 0 Å². The van der Waals surface area contributed by atoms with E-state index in [1.165, 1.54) is 49.5 Å². The Kier molecular flexibility index (Phi) is 10.5. The number of nitrogens with one attached hydrogen (secondary N) is 1. The van der Waals surface area contributed by atoms with E-state index in [1.54, 1.807) is 31.2 Å². The van der Waals surface area contributed by atoms with Crippen LogP contribution in [0.25, 0.3) is 0 Å². The number of carbonyl (C=O) groups is 2. The number of hydrogen-bond acceptors (Lipinski definition) is 6. The third kappa shape index (κ3) is 7.68. The molecule has 1 fully saturated rings. The highest BCUT2D eigenvalue weighted by Gasteiger charge is 2.34. The highest BCUT2D eigenvalue weighted by atomic mass is 32.2. The zero-order valence-corrected chi connectivity index (χ0v) is 26.6. The number of nitrogens with zero attached hydrogens (tertiary/aromatic N) is 2. The molecule has 1 aliphatic carbocycles. The zero-order chi connectivity index (χ0) is 32.0. The molecule has 1 aliphatic rings. The van der Waals surface area contributed by atoms with Crippen molar-refractivity contribution in [1.82, 2.24) is 10.2 Å². The van der Waals surface area contributed by atoms with Gasteiger partial charge in [0.1, 0.15) is 18.4 Å². The molecule has 1 N–H and O–H groups in total. The summed E-state index contributed by atoms with van der Waals surface area (Å²) in [5, 5.41) is 3.04. The van der Waals surface area contributed by atoms with Crippen LogP contribution in [-0.4, -0.2) is 58.0 Å². The van der Waals surface area contributed by atoms with Gasteiger partial charge in [-0.1, -0.05) is 31.0 Å². The van der Waals surface area contributed by atoms with Crippen LogP contribution in [0.2, 0.25) is 0 Å². The Bertz CT molecular complexity index is 1570. The largest absolute Gasteiger partial charge is 0.493 e. The molecule has 44 heavy (non-hydrogen) atoms. The molecular formula is C33H40FN3O6S. The number of hydrogen-bond donors (Lipinski definition) is 1. The minimum atomic E-state index is -4.32. The van der Waals surface area contributed by atoms with Crippen LogP contribution < -0.4 is 19.1 Å². The molecular weight excluding hydrogens is 585 g/mol. The normalized spacial score (nSPS) is 14.1. The van der Waals surface area contributed by atoms with Gasteiger partial charge in [-0.25, -0.2) is 12.8 Å². The molecule has 0 aliphatic heterocycles. The highest BCUT2D eigenvalue weighted by molar-refractivity contribution is 7.92. The summed E-state index contributed by atoms with van der Waals surface area (Å²) in [6.07, 6.45) is 3.79. The summed E-state index contributed by atoms with van der Waals surface area (Å²) in [5.74, 6) is -0.774. The fraction of sp³-hybridized carbons (Fsp3) is 0.394. The second kappa shape index (κ2) is 14.1. The first kappa shape index (κ1) is 32.8. The SMILES string of the molecule is COc1ccc(S(=O)(=O)N(CC(=O)N(Cc2ccc(F)cc2)[C@@H](C)C(=O)NC2CCCC2)c2cc(C)cc(C)c2)cc1OC. The van der Waals surface area contributed by atoms with Gasteiger partial charge in [0, 0.05) is 18.7 Å². The van der Waals surface area contributed by atoms with E-state index < -0.39 is 34.3 Å². The van der Waals surface area contributed by atoms with E-state index >= 15 is 0 Å². The lowest BCUT2D eigenvalue weighted by Crippen LogP contribution is -2.52. The highest BCUT2D eigenvalue weighted by Crippen LogP contribution is 2.33. The summed E-state index contributed by atoms with van der Waals surface area (Å²) >= 11 is 0. The number of benzene rings is 3. The van der Waals surface area contributed by atoms with E-state index in [2.05, 4.69) is 5.32 Å². The number of rotatable bonds is 12. The molecule has 0 radical (unpaired) electrons. The van der Waals surface area contributed by atoms with Crippen LogP contribution in [0.5, 0.6) is 11.5 Å². The molecule has 4 rings (SSSR count). The summed E-state index contributed by atoms with van der Waals surface area (Å²) in [6.45, 7) is 4.71. The molecule has 0 unspecified atom stereocenters. The van der Waals surface area contributed by atoms with Crippen LogP contribution in [0.3, 0.4) is 0 Å². The maximum Gasteiger partial charge on any atom is 0.264 e. The summed E-state index contributed by atoms with van der Waals surface area (Å²) in [6, 6.07) is 14.3. The van der Waals surface area contributed by atoms with E-state index in [9.17, 15) is 22.4 Å². The van der Waals surface area contributed by atoms with Gasteiger partial charge in [0.2, 0.25) is 11.8 Å². The van der Waals surface area contributed by atoms with Gasteiger partial charge in [-0.05, 0) is 86.7 Å². The fourth-order valence-corrected chi connectivity index (χ4v) is 6.90. The summed E-state index contributed by atoms with van der Waals surface area (Å²) < 4.78 is 53.9. The fourth-order valence-electron chi connectivity index (χ4n) is 5.49. The van der Waals surface area contributed by atoms with Crippen molar-refractivity contribution in [2.24, 2.45) is 0 Å². The van der Waals surface area contributed by atoms with E-state index in [-0.39, 0.29) is 29.1 Å². The average Bonchev–Trinajstić information content (AvgIpc) is 3.51. The Morgan fingerprint density at radius 1 is 0.932 bits per heavy atom. The van der Waals surface area contributed by atoms with Crippen molar-refractivity contribution in [1.29, 1.82) is 0 Å². The number of carbonyl (C=O) groups excluding carboxylic acids is 2. The molecule has 2 amide bonds. The lowest BCUT2D eigenvalue weighted by atomic mass is 10.1. The van der Waals surface area contributed by atoms with Crippen LogP contribution in [0.1, 0.15) is 49.3 Å². The van der Waals surface area contributed by atoms with Gasteiger partial charge < -0.3 is 19.7 Å². The third-order valence-corrected chi connectivity index (χ3v) is 9.62. The zero-order valence-electron chi connectivity index (χ0n) is 25.8. The molecule has 0 saturated heterocycles. The van der Waals surface area contributed by atoms with Gasteiger partial charge in [-0.15, -0.1) is 0 Å². The third-order valence-electron chi connectivity index (χ3n) is 7.85. The van der Waals surface area contributed by atoms with E-state index in [1.807, 2.05) is 19.9 Å². The number of aryl methyl sites for hydroxylation is 2. The monoisotopic (exact) mass is 625 g/mol. The molecule has 0 spiro atoms. The first-order valence-corrected chi connectivity index (χ1v) is 16.0. The number of anilines is 1. The van der Waals surface area contributed by atoms with Crippen LogP contribution in [0, 0.1) is 19.7 Å². The van der Waals surface area contributed by atoms with Crippen LogP contribution in [-0.2, 0) is 26.2 Å². The van der Waals surface area contributed by atoms with Gasteiger partial charge in [0.15, 0.2) is 11.5 Å². The van der Waals surface area contributed by atoms with Crippen LogP contribution in [0.15, 0.2) is 65.6 Å². The average molecular weight is 626 g/mol. The Labute approximate surface area is 259 Å². The van der Waals surface area contributed by atoms with E-state index in [0.717, 1.165) is 41.1 Å². The molecule has 0 heterocycles. The van der Waals surface area contributed by atoms with E-state index in [0.29, 0.717) is 17.0 Å². The topological polar surface area (TPSA) is 105 Å². The van der Waals surface area contributed by atoms with Crippen molar-refractivity contribution < 1.29 is 31.9 Å². The minimum absolute atomic E-state index is 0.0184. The van der Waals surface area contributed by atoms with Gasteiger partial charge in [0.25, 0.3) is 10.0 Å². The van der Waals surface area contributed by atoms with E-state index in [4.69, 9.17) is 9.47 Å². The number of halogens is 1. The predicted octanol–water partition coefficient (Wildman–Crippen LogP) is 5.13. The predicted molar refractivity (Wildman–Crippen MR) is 167 cm³/mol. The molecule has 0 aromatic heterocycles. The van der Waals surface area contributed by atoms with Gasteiger partial charge >= 0.3 is 0 Å². The molecule has 3 aromatic carbocycles. The number of methoxy groups -OCH3 is 2. The molecule has 236 valence electrons. The Hall–Kier alpha value is -4.12. The molecule has 1 saturated carbocycles.